The van der Waals surface area contributed by atoms with Crippen molar-refractivity contribution in [3.8, 4) is 0 Å². The predicted octanol–water partition coefficient (Wildman–Crippen LogP) is 2.97. The number of fused-ring (bicyclic) bond motifs is 1. The van der Waals surface area contributed by atoms with Gasteiger partial charge in [0, 0.05) is 24.5 Å². The molecule has 2 aliphatic rings. The normalized spacial score (nSPS) is 25.8. The largest absolute Gasteiger partial charge is 0.351 e. The van der Waals surface area contributed by atoms with Crippen molar-refractivity contribution in [2.24, 2.45) is 11.7 Å². The summed E-state index contributed by atoms with van der Waals surface area (Å²) in [6.07, 6.45) is 8.72. The van der Waals surface area contributed by atoms with E-state index in [1.165, 1.54) is 55.0 Å². The lowest BCUT2D eigenvalue weighted by Crippen LogP contribution is -2.21. The van der Waals surface area contributed by atoms with Gasteiger partial charge in [-0.15, -0.1) is 0 Å². The Hall–Kier alpha value is -0.410. The van der Waals surface area contributed by atoms with E-state index >= 15 is 0 Å². The van der Waals surface area contributed by atoms with Gasteiger partial charge in [-0.3, -0.25) is 0 Å². The molecule has 0 bridgehead atoms. The summed E-state index contributed by atoms with van der Waals surface area (Å²) in [5.74, 6) is 3.60. The molecule has 1 fully saturated rings. The number of nitrogens with zero attached hydrogens (tertiary/aromatic N) is 1. The predicted molar refractivity (Wildman–Crippen MR) is 74.3 cm³/mol. The summed E-state index contributed by atoms with van der Waals surface area (Å²) in [6.45, 7) is 1.22. The molecule has 1 atom stereocenters. The smallest absolute Gasteiger partial charge is 0.0312 e. The third-order valence-corrected chi connectivity index (χ3v) is 5.29. The first-order valence-electron chi connectivity index (χ1n) is 6.86. The summed E-state index contributed by atoms with van der Waals surface area (Å²) in [4.78, 5) is 0. The molecule has 94 valence electrons. The van der Waals surface area contributed by atoms with Crippen molar-refractivity contribution in [3.05, 3.63) is 23.5 Å². The highest BCUT2D eigenvalue weighted by atomic mass is 32.2. The van der Waals surface area contributed by atoms with Crippen LogP contribution >= 0.6 is 11.8 Å². The SMILES string of the molecule is NC1CCCc2c1ccn2CC1CCSCC1. The van der Waals surface area contributed by atoms with E-state index < -0.39 is 0 Å². The van der Waals surface area contributed by atoms with Crippen molar-refractivity contribution in [1.82, 2.24) is 4.57 Å². The van der Waals surface area contributed by atoms with Gasteiger partial charge >= 0.3 is 0 Å². The minimum Gasteiger partial charge on any atom is -0.351 e. The minimum absolute atomic E-state index is 0.293. The van der Waals surface area contributed by atoms with Gasteiger partial charge in [-0.05, 0) is 61.2 Å². The van der Waals surface area contributed by atoms with E-state index in [0.717, 1.165) is 12.3 Å². The zero-order chi connectivity index (χ0) is 11.7. The molecule has 2 nitrogen and oxygen atoms in total. The third-order valence-electron chi connectivity index (χ3n) is 4.24. The van der Waals surface area contributed by atoms with Crippen LogP contribution in [0.15, 0.2) is 12.3 Å². The van der Waals surface area contributed by atoms with Crippen LogP contribution in [0.2, 0.25) is 0 Å². The fourth-order valence-corrected chi connectivity index (χ4v) is 4.38. The number of hydrogen-bond acceptors (Lipinski definition) is 2. The molecule has 1 unspecified atom stereocenters. The summed E-state index contributed by atoms with van der Waals surface area (Å²) in [5.41, 5.74) is 9.12. The van der Waals surface area contributed by atoms with Crippen LogP contribution in [0.3, 0.4) is 0 Å². The molecule has 3 rings (SSSR count). The maximum Gasteiger partial charge on any atom is 0.0312 e. The van der Waals surface area contributed by atoms with Crippen molar-refractivity contribution < 1.29 is 0 Å². The number of hydrogen-bond donors (Lipinski definition) is 1. The zero-order valence-corrected chi connectivity index (χ0v) is 11.2. The van der Waals surface area contributed by atoms with Gasteiger partial charge < -0.3 is 10.3 Å². The monoisotopic (exact) mass is 250 g/mol. The first kappa shape index (κ1) is 11.7. The van der Waals surface area contributed by atoms with Crippen LogP contribution in [-0.2, 0) is 13.0 Å². The number of nitrogens with two attached hydrogens (primary N) is 1. The summed E-state index contributed by atoms with van der Waals surface area (Å²) >= 11 is 2.11. The Bertz CT molecular complexity index is 380. The van der Waals surface area contributed by atoms with Crippen molar-refractivity contribution in [2.75, 3.05) is 11.5 Å². The summed E-state index contributed by atoms with van der Waals surface area (Å²) in [6, 6.07) is 2.55. The van der Waals surface area contributed by atoms with Crippen LogP contribution in [0.4, 0.5) is 0 Å². The molecular weight excluding hydrogens is 228 g/mol. The number of aromatic nitrogens is 1. The van der Waals surface area contributed by atoms with Gasteiger partial charge in [0.25, 0.3) is 0 Å². The number of rotatable bonds is 2. The molecule has 2 heterocycles. The van der Waals surface area contributed by atoms with Gasteiger partial charge in [0.2, 0.25) is 0 Å². The molecule has 2 N–H and O–H groups in total. The maximum absolute atomic E-state index is 6.18. The van der Waals surface area contributed by atoms with Crippen LogP contribution in [-0.4, -0.2) is 16.1 Å². The van der Waals surface area contributed by atoms with Gasteiger partial charge in [0.15, 0.2) is 0 Å². The van der Waals surface area contributed by atoms with E-state index in [4.69, 9.17) is 5.73 Å². The lowest BCUT2D eigenvalue weighted by molar-refractivity contribution is 0.405. The van der Waals surface area contributed by atoms with Gasteiger partial charge in [0.05, 0.1) is 0 Å². The van der Waals surface area contributed by atoms with Crippen LogP contribution in [0, 0.1) is 5.92 Å². The second-order valence-corrected chi connectivity index (χ2v) is 6.65. The van der Waals surface area contributed by atoms with Crippen LogP contribution in [0.1, 0.15) is 43.0 Å². The first-order chi connectivity index (χ1) is 8.34. The fraction of sp³-hybridized carbons (Fsp3) is 0.714. The minimum atomic E-state index is 0.293. The van der Waals surface area contributed by atoms with E-state index in [-0.39, 0.29) is 0 Å². The summed E-state index contributed by atoms with van der Waals surface area (Å²) < 4.78 is 2.50. The quantitative estimate of drug-likeness (QED) is 0.875. The van der Waals surface area contributed by atoms with Gasteiger partial charge in [0.1, 0.15) is 0 Å². The number of thioether (sulfide) groups is 1. The van der Waals surface area contributed by atoms with Crippen molar-refractivity contribution in [3.63, 3.8) is 0 Å². The van der Waals surface area contributed by atoms with E-state index in [9.17, 15) is 0 Å². The zero-order valence-electron chi connectivity index (χ0n) is 10.4. The van der Waals surface area contributed by atoms with Gasteiger partial charge in [-0.2, -0.15) is 11.8 Å². The molecule has 0 spiro atoms. The van der Waals surface area contributed by atoms with Crippen molar-refractivity contribution in [2.45, 2.75) is 44.7 Å². The van der Waals surface area contributed by atoms with Crippen LogP contribution in [0.5, 0.6) is 0 Å². The Balaban J connectivity index is 1.74. The Kier molecular flexibility index (Phi) is 3.48. The molecule has 1 aliphatic heterocycles. The molecule has 3 heteroatoms. The molecule has 0 radical (unpaired) electrons. The Labute approximate surface area is 108 Å². The standard InChI is InChI=1S/C14H22N2S/c15-13-2-1-3-14-12(13)4-7-16(14)10-11-5-8-17-9-6-11/h4,7,11,13H,1-3,5-6,8-10,15H2. The van der Waals surface area contributed by atoms with E-state index in [2.05, 4.69) is 28.6 Å². The average Bonchev–Trinajstić information content (AvgIpc) is 2.76. The third kappa shape index (κ3) is 2.41. The summed E-state index contributed by atoms with van der Waals surface area (Å²) in [5, 5.41) is 0. The molecule has 0 aromatic carbocycles. The summed E-state index contributed by atoms with van der Waals surface area (Å²) in [7, 11) is 0. The second kappa shape index (κ2) is 5.07. The Morgan fingerprint density at radius 3 is 2.94 bits per heavy atom. The fourth-order valence-electron chi connectivity index (χ4n) is 3.17. The van der Waals surface area contributed by atoms with E-state index in [1.807, 2.05) is 0 Å². The molecule has 0 amide bonds. The van der Waals surface area contributed by atoms with Crippen LogP contribution < -0.4 is 5.73 Å². The Morgan fingerprint density at radius 2 is 2.12 bits per heavy atom. The van der Waals surface area contributed by atoms with E-state index in [1.54, 1.807) is 0 Å². The first-order valence-corrected chi connectivity index (χ1v) is 8.01. The highest BCUT2D eigenvalue weighted by molar-refractivity contribution is 7.99. The van der Waals surface area contributed by atoms with Crippen molar-refractivity contribution in [1.29, 1.82) is 0 Å². The average molecular weight is 250 g/mol. The molecule has 1 aromatic heterocycles. The Morgan fingerprint density at radius 1 is 1.29 bits per heavy atom. The maximum atomic E-state index is 6.18. The molecule has 1 saturated heterocycles. The van der Waals surface area contributed by atoms with Crippen molar-refractivity contribution >= 4 is 11.8 Å². The highest BCUT2D eigenvalue weighted by Gasteiger charge is 2.22. The molecule has 1 aliphatic carbocycles. The topological polar surface area (TPSA) is 30.9 Å². The lowest BCUT2D eigenvalue weighted by atomic mass is 9.93. The van der Waals surface area contributed by atoms with E-state index in [0.29, 0.717) is 6.04 Å². The lowest BCUT2D eigenvalue weighted by Gasteiger charge is -2.25. The van der Waals surface area contributed by atoms with Gasteiger partial charge in [-0.25, -0.2) is 0 Å². The second-order valence-electron chi connectivity index (χ2n) is 5.42. The molecular formula is C14H22N2S. The van der Waals surface area contributed by atoms with Crippen LogP contribution in [0.25, 0.3) is 0 Å². The molecule has 0 saturated carbocycles. The molecule has 17 heavy (non-hydrogen) atoms. The van der Waals surface area contributed by atoms with Gasteiger partial charge in [-0.1, -0.05) is 0 Å². The molecule has 1 aromatic rings. The highest BCUT2D eigenvalue weighted by Crippen LogP contribution is 2.31.